The van der Waals surface area contributed by atoms with E-state index in [4.69, 9.17) is 15.2 Å². The number of ether oxygens (including phenoxy) is 2. The highest BCUT2D eigenvalue weighted by Crippen LogP contribution is 2.20. The monoisotopic (exact) mass is 266 g/mol. The first kappa shape index (κ1) is 15.3. The molecule has 0 aliphatic rings. The molecule has 19 heavy (non-hydrogen) atoms. The van der Waals surface area contributed by atoms with E-state index in [1.54, 1.807) is 6.92 Å². The molecule has 0 amide bonds. The lowest BCUT2D eigenvalue weighted by Gasteiger charge is -2.15. The number of pyridine rings is 1. The zero-order chi connectivity index (χ0) is 14.3. The number of hydrogen-bond donors (Lipinski definition) is 1. The van der Waals surface area contributed by atoms with E-state index in [2.05, 4.69) is 18.8 Å². The number of esters is 1. The number of carbonyl (C=O) groups excluding carboxylic acids is 1. The SMILES string of the molecule is CCOC(=O)c1cc(N)cnc1OCC(CC)CC. The third-order valence-corrected chi connectivity index (χ3v) is 2.98. The first-order valence-corrected chi connectivity index (χ1v) is 6.67. The fourth-order valence-corrected chi connectivity index (χ4v) is 1.66. The lowest BCUT2D eigenvalue weighted by atomic mass is 10.1. The molecule has 0 aliphatic carbocycles. The van der Waals surface area contributed by atoms with Crippen molar-refractivity contribution in [3.8, 4) is 5.88 Å². The Balaban J connectivity index is 2.84. The molecule has 2 N–H and O–H groups in total. The van der Waals surface area contributed by atoms with Gasteiger partial charge in [0.15, 0.2) is 0 Å². The fourth-order valence-electron chi connectivity index (χ4n) is 1.66. The number of rotatable bonds is 7. The van der Waals surface area contributed by atoms with Gasteiger partial charge in [0.25, 0.3) is 0 Å². The average molecular weight is 266 g/mol. The van der Waals surface area contributed by atoms with Crippen LogP contribution in [0.1, 0.15) is 44.0 Å². The third kappa shape index (κ3) is 4.43. The Morgan fingerprint density at radius 1 is 1.37 bits per heavy atom. The smallest absolute Gasteiger partial charge is 0.343 e. The highest BCUT2D eigenvalue weighted by molar-refractivity contribution is 5.92. The maximum Gasteiger partial charge on any atom is 0.343 e. The Labute approximate surface area is 114 Å². The van der Waals surface area contributed by atoms with Crippen LogP contribution in [0.3, 0.4) is 0 Å². The molecule has 0 atom stereocenters. The van der Waals surface area contributed by atoms with E-state index >= 15 is 0 Å². The van der Waals surface area contributed by atoms with E-state index < -0.39 is 5.97 Å². The van der Waals surface area contributed by atoms with Gasteiger partial charge in [-0.2, -0.15) is 0 Å². The summed E-state index contributed by atoms with van der Waals surface area (Å²) in [6, 6.07) is 1.53. The van der Waals surface area contributed by atoms with E-state index in [0.717, 1.165) is 12.8 Å². The summed E-state index contributed by atoms with van der Waals surface area (Å²) in [5, 5.41) is 0. The Bertz CT molecular complexity index is 417. The van der Waals surface area contributed by atoms with Crippen LogP contribution >= 0.6 is 0 Å². The zero-order valence-electron chi connectivity index (χ0n) is 11.8. The standard InChI is InChI=1S/C14H22N2O3/c1-4-10(5-2)9-19-13-12(14(17)18-6-3)7-11(15)8-16-13/h7-8,10H,4-6,9,15H2,1-3H3. The minimum absolute atomic E-state index is 0.285. The Kier molecular flexibility index (Phi) is 6.12. The van der Waals surface area contributed by atoms with Gasteiger partial charge in [-0.25, -0.2) is 9.78 Å². The van der Waals surface area contributed by atoms with Crippen LogP contribution in [0.4, 0.5) is 5.69 Å². The Morgan fingerprint density at radius 3 is 2.63 bits per heavy atom. The summed E-state index contributed by atoms with van der Waals surface area (Å²) in [4.78, 5) is 15.9. The number of aromatic nitrogens is 1. The highest BCUT2D eigenvalue weighted by atomic mass is 16.5. The minimum Gasteiger partial charge on any atom is -0.477 e. The molecule has 0 bridgehead atoms. The highest BCUT2D eigenvalue weighted by Gasteiger charge is 2.17. The van der Waals surface area contributed by atoms with Gasteiger partial charge in [0.1, 0.15) is 5.56 Å². The molecule has 1 heterocycles. The average Bonchev–Trinajstić information content (AvgIpc) is 2.41. The molecule has 0 unspecified atom stereocenters. The van der Waals surface area contributed by atoms with E-state index in [1.807, 2.05) is 0 Å². The molecule has 1 rings (SSSR count). The molecule has 0 aliphatic heterocycles. The van der Waals surface area contributed by atoms with Crippen LogP contribution in [0.25, 0.3) is 0 Å². The molecule has 0 saturated carbocycles. The van der Waals surface area contributed by atoms with Crippen molar-refractivity contribution in [2.75, 3.05) is 18.9 Å². The fraction of sp³-hybridized carbons (Fsp3) is 0.571. The molecule has 106 valence electrons. The molecular formula is C14H22N2O3. The van der Waals surface area contributed by atoms with Crippen molar-refractivity contribution < 1.29 is 14.3 Å². The van der Waals surface area contributed by atoms with Crippen molar-refractivity contribution >= 4 is 11.7 Å². The summed E-state index contributed by atoms with van der Waals surface area (Å²) in [7, 11) is 0. The van der Waals surface area contributed by atoms with E-state index in [9.17, 15) is 4.79 Å². The second kappa shape index (κ2) is 7.61. The Morgan fingerprint density at radius 2 is 2.05 bits per heavy atom. The second-order valence-electron chi connectivity index (χ2n) is 4.34. The molecule has 0 spiro atoms. The summed E-state index contributed by atoms with van der Waals surface area (Å²) in [5.74, 6) is 0.288. The van der Waals surface area contributed by atoms with E-state index in [-0.39, 0.29) is 5.56 Å². The van der Waals surface area contributed by atoms with Gasteiger partial charge < -0.3 is 15.2 Å². The first-order chi connectivity index (χ1) is 9.12. The number of nitrogen functional groups attached to an aromatic ring is 1. The predicted molar refractivity (Wildman–Crippen MR) is 74.2 cm³/mol. The molecule has 5 nitrogen and oxygen atoms in total. The summed E-state index contributed by atoms with van der Waals surface area (Å²) in [5.41, 5.74) is 6.34. The van der Waals surface area contributed by atoms with Crippen LogP contribution in [0.2, 0.25) is 0 Å². The second-order valence-corrected chi connectivity index (χ2v) is 4.34. The van der Waals surface area contributed by atoms with Crippen molar-refractivity contribution in [3.05, 3.63) is 17.8 Å². The maximum atomic E-state index is 11.8. The molecule has 5 heteroatoms. The molecule has 1 aromatic rings. The summed E-state index contributed by atoms with van der Waals surface area (Å²) < 4.78 is 10.6. The van der Waals surface area contributed by atoms with Crippen molar-refractivity contribution in [2.45, 2.75) is 33.6 Å². The van der Waals surface area contributed by atoms with Gasteiger partial charge in [-0.05, 0) is 18.9 Å². The van der Waals surface area contributed by atoms with E-state index in [0.29, 0.717) is 30.7 Å². The van der Waals surface area contributed by atoms with Crippen LogP contribution < -0.4 is 10.5 Å². The van der Waals surface area contributed by atoms with Crippen LogP contribution in [-0.2, 0) is 4.74 Å². The molecule has 0 aromatic carbocycles. The summed E-state index contributed by atoms with van der Waals surface area (Å²) in [6.07, 6.45) is 3.53. The van der Waals surface area contributed by atoms with E-state index in [1.165, 1.54) is 12.3 Å². The minimum atomic E-state index is -0.457. The lowest BCUT2D eigenvalue weighted by Crippen LogP contribution is -2.14. The van der Waals surface area contributed by atoms with Gasteiger partial charge >= 0.3 is 5.97 Å². The molecule has 1 aromatic heterocycles. The topological polar surface area (TPSA) is 74.4 Å². The van der Waals surface area contributed by atoms with Crippen molar-refractivity contribution in [3.63, 3.8) is 0 Å². The van der Waals surface area contributed by atoms with Gasteiger partial charge in [0.05, 0.1) is 25.1 Å². The largest absolute Gasteiger partial charge is 0.477 e. The van der Waals surface area contributed by atoms with Gasteiger partial charge in [0, 0.05) is 0 Å². The van der Waals surface area contributed by atoms with Gasteiger partial charge in [0.2, 0.25) is 5.88 Å². The number of nitrogens with two attached hydrogens (primary N) is 1. The first-order valence-electron chi connectivity index (χ1n) is 6.67. The van der Waals surface area contributed by atoms with Crippen molar-refractivity contribution in [2.24, 2.45) is 5.92 Å². The van der Waals surface area contributed by atoms with Crippen LogP contribution in [0.5, 0.6) is 5.88 Å². The summed E-state index contributed by atoms with van der Waals surface area (Å²) in [6.45, 7) is 6.82. The zero-order valence-corrected chi connectivity index (χ0v) is 11.8. The summed E-state index contributed by atoms with van der Waals surface area (Å²) >= 11 is 0. The number of carbonyl (C=O) groups is 1. The number of anilines is 1. The van der Waals surface area contributed by atoms with Crippen molar-refractivity contribution in [1.29, 1.82) is 0 Å². The van der Waals surface area contributed by atoms with Gasteiger partial charge in [-0.3, -0.25) is 0 Å². The van der Waals surface area contributed by atoms with Crippen molar-refractivity contribution in [1.82, 2.24) is 4.98 Å². The van der Waals surface area contributed by atoms with Crippen LogP contribution in [0, 0.1) is 5.92 Å². The van der Waals surface area contributed by atoms with Crippen LogP contribution in [-0.4, -0.2) is 24.2 Å². The Hall–Kier alpha value is -1.78. The van der Waals surface area contributed by atoms with Gasteiger partial charge in [-0.1, -0.05) is 26.7 Å². The number of nitrogens with zero attached hydrogens (tertiary/aromatic N) is 1. The quantitative estimate of drug-likeness (QED) is 0.768. The normalized spacial score (nSPS) is 10.5. The molecule has 0 saturated heterocycles. The molecular weight excluding hydrogens is 244 g/mol. The van der Waals surface area contributed by atoms with Gasteiger partial charge in [-0.15, -0.1) is 0 Å². The third-order valence-electron chi connectivity index (χ3n) is 2.98. The number of hydrogen-bond acceptors (Lipinski definition) is 5. The lowest BCUT2D eigenvalue weighted by molar-refractivity contribution is 0.0519. The maximum absolute atomic E-state index is 11.8. The molecule has 0 fully saturated rings. The van der Waals surface area contributed by atoms with Crippen LogP contribution in [0.15, 0.2) is 12.3 Å². The predicted octanol–water partition coefficient (Wildman–Crippen LogP) is 2.66. The molecule has 0 radical (unpaired) electrons.